The van der Waals surface area contributed by atoms with Crippen molar-refractivity contribution in [1.82, 2.24) is 39.9 Å². The molecule has 0 spiro atoms. The van der Waals surface area contributed by atoms with E-state index in [4.69, 9.17) is 39.9 Å². The van der Waals surface area contributed by atoms with Crippen LogP contribution in [0.5, 0.6) is 0 Å². The number of rotatable bonds is 14. The average molecular weight is 1580 g/mol. The number of benzene rings is 16. The largest absolute Gasteiger partial charge is 0.228 e. The Kier molecular flexibility index (Phi) is 18.4. The summed E-state index contributed by atoms with van der Waals surface area (Å²) in [5.74, 6) is 3.13. The molecule has 0 N–H and O–H groups in total. The first-order chi connectivity index (χ1) is 61.4. The molecule has 26 rings (SSSR count). The van der Waals surface area contributed by atoms with Gasteiger partial charge in [-0.05, 0) is 138 Å². The van der Waals surface area contributed by atoms with Gasteiger partial charge in [-0.25, -0.2) is 39.9 Å². The fourth-order valence-electron chi connectivity index (χ4n) is 19.1. The Hall–Kier alpha value is -16.2. The van der Waals surface area contributed by atoms with E-state index in [0.29, 0.717) is 11.6 Å². The molecule has 16 aromatic carbocycles. The molecule has 0 aliphatic heterocycles. The fraction of sp³-hybridized carbons (Fsp3) is 0.0345. The third kappa shape index (κ3) is 13.5. The molecule has 8 nitrogen and oxygen atoms in total. The van der Waals surface area contributed by atoms with Crippen LogP contribution in [0.2, 0.25) is 0 Å². The smallest absolute Gasteiger partial charge is 0.160 e. The fourth-order valence-corrected chi connectivity index (χ4v) is 19.1. The second-order valence-electron chi connectivity index (χ2n) is 32.3. The Morgan fingerprint density at radius 2 is 0.242 bits per heavy atom. The van der Waals surface area contributed by atoms with Crippen LogP contribution in [0.4, 0.5) is 0 Å². The summed E-state index contributed by atoms with van der Waals surface area (Å²) in [7, 11) is 0. The molecule has 4 aromatic heterocycles. The molecule has 4 heterocycles. The standard InChI is InChI=1S/C64H42N4.C52H34N4/c1-5-15-41(16-6-1)43-25-29-47(30-26-43)59-39-57(45-19-9-3-10-20-45)65-63(67-59)49-33-35-53-55(37-49)61-51-23-13-14-24-52(51)62(53)56-38-50(34-36-54(56)61)64-66-58(46-21-11-4-12-22-46)40-60(68-64)48-31-27-44(28-32-48)42-17-7-2-8-18-42;1-5-15-33(16-6-1)45-31-46(34-17-7-2-8-18-34)54-51(53-45)37-25-27-41-43(29-37)49-39-23-13-14-24-40(39)50(41)44-30-38(26-28-42(44)49)52-55-47(35-19-9-3-10-20-35)32-48(56-52)36-21-11-4-12-22-36/h1-40,61-62H;1-32,49-50H. The van der Waals surface area contributed by atoms with Crippen LogP contribution < -0.4 is 0 Å². The van der Waals surface area contributed by atoms with E-state index >= 15 is 0 Å². The van der Waals surface area contributed by atoms with Gasteiger partial charge in [0.25, 0.3) is 0 Å². The normalized spacial score (nSPS) is 14.5. The lowest BCUT2D eigenvalue weighted by Crippen LogP contribution is -2.27. The summed E-state index contributed by atoms with van der Waals surface area (Å²) in [6, 6.07) is 155. The summed E-state index contributed by atoms with van der Waals surface area (Å²) in [6.07, 6.45) is 0. The molecule has 0 radical (unpaired) electrons. The molecule has 0 saturated heterocycles. The summed E-state index contributed by atoms with van der Waals surface area (Å²) in [4.78, 5) is 41.8. The first-order valence-corrected chi connectivity index (χ1v) is 42.4. The van der Waals surface area contributed by atoms with Gasteiger partial charge < -0.3 is 0 Å². The quantitative estimate of drug-likeness (QED) is 0.106. The van der Waals surface area contributed by atoms with Gasteiger partial charge in [0.2, 0.25) is 0 Å². The Balaban J connectivity index is 0.000000146. The van der Waals surface area contributed by atoms with Crippen molar-refractivity contribution >= 4 is 0 Å². The summed E-state index contributed by atoms with van der Waals surface area (Å²) in [5.41, 5.74) is 40.4. The van der Waals surface area contributed by atoms with E-state index in [0.717, 1.165) is 124 Å². The first-order valence-electron chi connectivity index (χ1n) is 42.4. The Bertz CT molecular complexity index is 6880. The lowest BCUT2D eigenvalue weighted by molar-refractivity contribution is 0.754. The van der Waals surface area contributed by atoms with Crippen molar-refractivity contribution < 1.29 is 0 Å². The minimum Gasteiger partial charge on any atom is -0.228 e. The molecule has 6 aliphatic carbocycles. The van der Waals surface area contributed by atoms with E-state index < -0.39 is 0 Å². The van der Waals surface area contributed by atoms with Crippen LogP contribution in [0.1, 0.15) is 90.4 Å². The number of hydrogen-bond donors (Lipinski definition) is 0. The van der Waals surface area contributed by atoms with E-state index in [-0.39, 0.29) is 23.7 Å². The predicted octanol–water partition coefficient (Wildman–Crippen LogP) is 27.8. The number of nitrogens with zero attached hydrogens (tertiary/aromatic N) is 8. The Morgan fingerprint density at radius 3 is 0.435 bits per heavy atom. The maximum Gasteiger partial charge on any atom is 0.160 e. The van der Waals surface area contributed by atoms with Gasteiger partial charge in [-0.15, -0.1) is 0 Å². The van der Waals surface area contributed by atoms with Crippen molar-refractivity contribution in [3.8, 4) is 158 Å². The minimum absolute atomic E-state index is 0.0489. The predicted molar refractivity (Wildman–Crippen MR) is 501 cm³/mol. The van der Waals surface area contributed by atoms with E-state index in [1.54, 1.807) is 0 Å². The van der Waals surface area contributed by atoms with Crippen molar-refractivity contribution in [2.45, 2.75) is 23.7 Å². The lowest BCUT2D eigenvalue weighted by atomic mass is 9.61. The monoisotopic (exact) mass is 1580 g/mol. The van der Waals surface area contributed by atoms with Crippen molar-refractivity contribution in [2.24, 2.45) is 0 Å². The third-order valence-corrected chi connectivity index (χ3v) is 25.0. The zero-order valence-electron chi connectivity index (χ0n) is 67.5. The summed E-state index contributed by atoms with van der Waals surface area (Å²) < 4.78 is 0. The van der Waals surface area contributed by atoms with E-state index in [1.165, 1.54) is 89.0 Å². The van der Waals surface area contributed by atoms with Crippen LogP contribution in [0.25, 0.3) is 158 Å². The van der Waals surface area contributed by atoms with Gasteiger partial charge in [0.15, 0.2) is 23.3 Å². The van der Waals surface area contributed by atoms with Gasteiger partial charge in [0, 0.05) is 90.4 Å². The highest BCUT2D eigenvalue weighted by molar-refractivity contribution is 5.83. The zero-order valence-corrected chi connectivity index (χ0v) is 67.5. The molecule has 4 atom stereocenters. The molecule has 0 saturated carbocycles. The van der Waals surface area contributed by atoms with Crippen molar-refractivity contribution in [2.75, 3.05) is 0 Å². The van der Waals surface area contributed by atoms with Crippen LogP contribution in [-0.2, 0) is 0 Å². The molecule has 4 bridgehead atoms. The van der Waals surface area contributed by atoms with E-state index in [9.17, 15) is 0 Å². The lowest BCUT2D eigenvalue weighted by Gasteiger charge is -2.42. The van der Waals surface area contributed by atoms with Gasteiger partial charge >= 0.3 is 0 Å². The van der Waals surface area contributed by atoms with Crippen LogP contribution in [0.3, 0.4) is 0 Å². The summed E-state index contributed by atoms with van der Waals surface area (Å²) in [6.45, 7) is 0. The maximum atomic E-state index is 5.30. The molecule has 20 aromatic rings. The number of hydrogen-bond acceptors (Lipinski definition) is 8. The van der Waals surface area contributed by atoms with Crippen molar-refractivity contribution in [3.63, 3.8) is 0 Å². The summed E-state index contributed by atoms with van der Waals surface area (Å²) >= 11 is 0. The van der Waals surface area contributed by atoms with Crippen LogP contribution >= 0.6 is 0 Å². The van der Waals surface area contributed by atoms with Gasteiger partial charge in [-0.2, -0.15) is 0 Å². The Labute approximate surface area is 720 Å². The number of aromatic nitrogens is 8. The van der Waals surface area contributed by atoms with Crippen LogP contribution in [-0.4, -0.2) is 39.9 Å². The molecule has 0 amide bonds. The topological polar surface area (TPSA) is 103 Å². The van der Waals surface area contributed by atoms with Gasteiger partial charge in [0.1, 0.15) is 0 Å². The van der Waals surface area contributed by atoms with Crippen molar-refractivity contribution in [1.29, 1.82) is 0 Å². The molecule has 580 valence electrons. The summed E-state index contributed by atoms with van der Waals surface area (Å²) in [5, 5.41) is 0. The average Bonchev–Trinajstić information content (AvgIpc) is 0.702. The molecule has 0 fully saturated rings. The molecule has 124 heavy (non-hydrogen) atoms. The van der Waals surface area contributed by atoms with E-state index in [1.807, 2.05) is 36.4 Å². The maximum absolute atomic E-state index is 5.30. The molecular formula is C116H76N8. The van der Waals surface area contributed by atoms with Crippen molar-refractivity contribution in [3.05, 3.63) is 504 Å². The first kappa shape index (κ1) is 73.0. The highest BCUT2D eigenvalue weighted by Gasteiger charge is 2.44. The molecule has 4 unspecified atom stereocenters. The molecular weight excluding hydrogens is 1510 g/mol. The highest BCUT2D eigenvalue weighted by atomic mass is 14.9. The van der Waals surface area contributed by atoms with E-state index in [2.05, 4.69) is 400 Å². The second-order valence-corrected chi connectivity index (χ2v) is 32.3. The second kappa shape index (κ2) is 31.2. The van der Waals surface area contributed by atoms with Crippen LogP contribution in [0.15, 0.2) is 437 Å². The van der Waals surface area contributed by atoms with Gasteiger partial charge in [-0.3, -0.25) is 0 Å². The van der Waals surface area contributed by atoms with Crippen LogP contribution in [0, 0.1) is 0 Å². The molecule has 6 aliphatic rings. The zero-order chi connectivity index (χ0) is 82.0. The van der Waals surface area contributed by atoms with Gasteiger partial charge in [-0.1, -0.05) is 388 Å². The molecule has 8 heteroatoms. The SMILES string of the molecule is c1ccc(-c2cc(-c3ccccc3)nc(-c3ccc4c(c3)C3c5ccccc5C4c4cc(-c5nc(-c6ccccc6)cc(-c6ccccc6)n5)ccc43)n2)cc1.c1ccc(-c2ccc(-c3cc(-c4ccccc4)nc(-c4ccc5c(c4)C4c6ccccc6C5c5cc(-c6nc(-c7ccccc7)cc(-c7ccc(-c8ccccc8)cc7)n6)ccc54)n3)cc2)cc1. The Morgan fingerprint density at radius 1 is 0.105 bits per heavy atom. The minimum atomic E-state index is 0.0489. The van der Waals surface area contributed by atoms with Gasteiger partial charge in [0.05, 0.1) is 45.6 Å². The third-order valence-electron chi connectivity index (χ3n) is 25.0. The highest BCUT2D eigenvalue weighted by Crippen LogP contribution is 2.59.